The van der Waals surface area contributed by atoms with E-state index in [9.17, 15) is 4.79 Å². The Labute approximate surface area is 103 Å². The molecule has 0 unspecified atom stereocenters. The Morgan fingerprint density at radius 2 is 2.12 bits per heavy atom. The molecule has 1 N–H and O–H groups in total. The normalized spacial score (nSPS) is 15.7. The summed E-state index contributed by atoms with van der Waals surface area (Å²) in [6.45, 7) is 6.60. The summed E-state index contributed by atoms with van der Waals surface area (Å²) in [6.07, 6.45) is 3.33. The number of carbonyl (C=O) groups is 1. The lowest BCUT2D eigenvalue weighted by Gasteiger charge is -2.23. The summed E-state index contributed by atoms with van der Waals surface area (Å²) in [7, 11) is 0. The second kappa shape index (κ2) is 4.52. The molecule has 0 atom stereocenters. The van der Waals surface area contributed by atoms with Crippen molar-refractivity contribution < 1.29 is 4.79 Å². The van der Waals surface area contributed by atoms with Gasteiger partial charge in [-0.1, -0.05) is 32.9 Å². The molecule has 1 fully saturated rings. The van der Waals surface area contributed by atoms with Gasteiger partial charge in [-0.05, 0) is 42.4 Å². The van der Waals surface area contributed by atoms with Gasteiger partial charge in [0.15, 0.2) is 0 Å². The molecule has 0 bridgehead atoms. The first-order valence-corrected chi connectivity index (χ1v) is 6.44. The topological polar surface area (TPSA) is 29.1 Å². The number of hydrogen-bond donors (Lipinski definition) is 1. The Balaban J connectivity index is 2.18. The van der Waals surface area contributed by atoms with E-state index in [1.54, 1.807) is 0 Å². The van der Waals surface area contributed by atoms with Crippen molar-refractivity contribution >= 4 is 5.91 Å². The zero-order valence-corrected chi connectivity index (χ0v) is 10.9. The van der Waals surface area contributed by atoms with Gasteiger partial charge in [-0.25, -0.2) is 0 Å². The van der Waals surface area contributed by atoms with E-state index in [0.717, 1.165) is 24.8 Å². The summed E-state index contributed by atoms with van der Waals surface area (Å²) in [5.41, 5.74) is 2.16. The van der Waals surface area contributed by atoms with Crippen molar-refractivity contribution in [2.24, 2.45) is 0 Å². The van der Waals surface area contributed by atoms with Crippen molar-refractivity contribution in [3.63, 3.8) is 0 Å². The SMILES string of the molecule is CCC(C)(C)c1cccc(C(=O)NC2CC2)c1. The van der Waals surface area contributed by atoms with Crippen LogP contribution in [0.25, 0.3) is 0 Å². The Morgan fingerprint density at radius 3 is 2.71 bits per heavy atom. The van der Waals surface area contributed by atoms with Gasteiger partial charge < -0.3 is 5.32 Å². The average molecular weight is 231 g/mol. The number of amides is 1. The summed E-state index contributed by atoms with van der Waals surface area (Å²) in [6, 6.07) is 8.44. The first-order chi connectivity index (χ1) is 8.03. The third-order valence-electron chi connectivity index (χ3n) is 3.70. The van der Waals surface area contributed by atoms with E-state index in [1.165, 1.54) is 5.56 Å². The van der Waals surface area contributed by atoms with E-state index in [2.05, 4.69) is 32.2 Å². The van der Waals surface area contributed by atoms with Crippen molar-refractivity contribution in [3.05, 3.63) is 35.4 Å². The van der Waals surface area contributed by atoms with Gasteiger partial charge in [0.2, 0.25) is 0 Å². The van der Waals surface area contributed by atoms with Crippen LogP contribution in [0, 0.1) is 0 Å². The van der Waals surface area contributed by atoms with Crippen LogP contribution in [-0.4, -0.2) is 11.9 Å². The van der Waals surface area contributed by atoms with E-state index >= 15 is 0 Å². The summed E-state index contributed by atoms with van der Waals surface area (Å²) < 4.78 is 0. The van der Waals surface area contributed by atoms with Crippen LogP contribution in [0.1, 0.15) is 56.0 Å². The smallest absolute Gasteiger partial charge is 0.251 e. The van der Waals surface area contributed by atoms with Crippen LogP contribution in [0.5, 0.6) is 0 Å². The molecule has 1 aromatic carbocycles. The fourth-order valence-corrected chi connectivity index (χ4v) is 1.78. The lowest BCUT2D eigenvalue weighted by Crippen LogP contribution is -2.26. The number of carbonyl (C=O) groups excluding carboxylic acids is 1. The molecule has 1 aliphatic rings. The van der Waals surface area contributed by atoms with Gasteiger partial charge in [-0.15, -0.1) is 0 Å². The fourth-order valence-electron chi connectivity index (χ4n) is 1.78. The minimum absolute atomic E-state index is 0.0706. The predicted octanol–water partition coefficient (Wildman–Crippen LogP) is 3.27. The molecule has 2 nitrogen and oxygen atoms in total. The largest absolute Gasteiger partial charge is 0.349 e. The highest BCUT2D eigenvalue weighted by atomic mass is 16.1. The quantitative estimate of drug-likeness (QED) is 0.846. The summed E-state index contributed by atoms with van der Waals surface area (Å²) >= 11 is 0. The van der Waals surface area contributed by atoms with Gasteiger partial charge in [0.25, 0.3) is 5.91 Å². The van der Waals surface area contributed by atoms with Crippen LogP contribution in [-0.2, 0) is 5.41 Å². The summed E-state index contributed by atoms with van der Waals surface area (Å²) in [5.74, 6) is 0.0706. The maximum Gasteiger partial charge on any atom is 0.251 e. The first kappa shape index (κ1) is 12.2. The lowest BCUT2D eigenvalue weighted by atomic mass is 9.81. The molecule has 2 heteroatoms. The summed E-state index contributed by atoms with van der Waals surface area (Å²) in [5, 5.41) is 3.03. The molecule has 1 aliphatic carbocycles. The molecule has 92 valence electrons. The van der Waals surface area contributed by atoms with Gasteiger partial charge in [0.05, 0.1) is 0 Å². The van der Waals surface area contributed by atoms with Crippen LogP contribution in [0.4, 0.5) is 0 Å². The van der Waals surface area contributed by atoms with E-state index in [0.29, 0.717) is 6.04 Å². The van der Waals surface area contributed by atoms with Gasteiger partial charge in [0, 0.05) is 11.6 Å². The molecular weight excluding hydrogens is 210 g/mol. The molecule has 0 aliphatic heterocycles. The third-order valence-corrected chi connectivity index (χ3v) is 3.70. The maximum absolute atomic E-state index is 12.0. The zero-order valence-electron chi connectivity index (χ0n) is 10.9. The van der Waals surface area contributed by atoms with E-state index in [-0.39, 0.29) is 11.3 Å². The number of hydrogen-bond acceptors (Lipinski definition) is 1. The summed E-state index contributed by atoms with van der Waals surface area (Å²) in [4.78, 5) is 12.0. The van der Waals surface area contributed by atoms with E-state index in [1.807, 2.05) is 18.2 Å². The van der Waals surface area contributed by atoms with Gasteiger partial charge in [-0.2, -0.15) is 0 Å². The van der Waals surface area contributed by atoms with Crippen molar-refractivity contribution in [2.45, 2.75) is 51.5 Å². The minimum atomic E-state index is 0.0706. The van der Waals surface area contributed by atoms with E-state index < -0.39 is 0 Å². The second-order valence-electron chi connectivity index (χ2n) is 5.57. The van der Waals surface area contributed by atoms with Gasteiger partial charge in [0.1, 0.15) is 0 Å². The standard InChI is InChI=1S/C15H21NO/c1-4-15(2,3)12-7-5-6-11(10-12)14(17)16-13-8-9-13/h5-7,10,13H,4,8-9H2,1-3H3,(H,16,17). The van der Waals surface area contributed by atoms with Crippen LogP contribution >= 0.6 is 0 Å². The highest BCUT2D eigenvalue weighted by Crippen LogP contribution is 2.27. The third kappa shape index (κ3) is 2.87. The average Bonchev–Trinajstić information content (AvgIpc) is 3.13. The molecule has 17 heavy (non-hydrogen) atoms. The number of rotatable bonds is 4. The Kier molecular flexibility index (Phi) is 3.23. The number of nitrogens with one attached hydrogen (secondary N) is 1. The second-order valence-corrected chi connectivity index (χ2v) is 5.57. The van der Waals surface area contributed by atoms with Gasteiger partial charge >= 0.3 is 0 Å². The Bertz CT molecular complexity index is 419. The number of benzene rings is 1. The highest BCUT2D eigenvalue weighted by Gasteiger charge is 2.24. The molecule has 1 aromatic rings. The molecule has 2 rings (SSSR count). The van der Waals surface area contributed by atoms with Crippen LogP contribution in [0.3, 0.4) is 0 Å². The molecule has 0 spiro atoms. The van der Waals surface area contributed by atoms with Crippen LogP contribution in [0.15, 0.2) is 24.3 Å². The highest BCUT2D eigenvalue weighted by molar-refractivity contribution is 5.94. The zero-order chi connectivity index (χ0) is 12.5. The first-order valence-electron chi connectivity index (χ1n) is 6.44. The van der Waals surface area contributed by atoms with Crippen LogP contribution < -0.4 is 5.32 Å². The Morgan fingerprint density at radius 1 is 1.41 bits per heavy atom. The van der Waals surface area contributed by atoms with E-state index in [4.69, 9.17) is 0 Å². The molecule has 1 saturated carbocycles. The molecule has 0 heterocycles. The van der Waals surface area contributed by atoms with Crippen molar-refractivity contribution in [2.75, 3.05) is 0 Å². The Hall–Kier alpha value is -1.31. The van der Waals surface area contributed by atoms with Crippen molar-refractivity contribution in [1.82, 2.24) is 5.32 Å². The lowest BCUT2D eigenvalue weighted by molar-refractivity contribution is 0.0951. The van der Waals surface area contributed by atoms with Crippen molar-refractivity contribution in [1.29, 1.82) is 0 Å². The molecular formula is C15H21NO. The fraction of sp³-hybridized carbons (Fsp3) is 0.533. The minimum Gasteiger partial charge on any atom is -0.349 e. The van der Waals surface area contributed by atoms with Crippen molar-refractivity contribution in [3.8, 4) is 0 Å². The monoisotopic (exact) mass is 231 g/mol. The predicted molar refractivity (Wildman–Crippen MR) is 70.2 cm³/mol. The van der Waals surface area contributed by atoms with Gasteiger partial charge in [-0.3, -0.25) is 4.79 Å². The molecule has 0 saturated heterocycles. The molecule has 1 amide bonds. The molecule has 0 radical (unpaired) electrons. The molecule has 0 aromatic heterocycles. The van der Waals surface area contributed by atoms with Crippen LogP contribution in [0.2, 0.25) is 0 Å². The maximum atomic E-state index is 12.0.